The summed E-state index contributed by atoms with van der Waals surface area (Å²) in [5.41, 5.74) is 5.64. The van der Waals surface area contributed by atoms with Crippen molar-refractivity contribution >= 4 is 40.0 Å². The highest BCUT2D eigenvalue weighted by molar-refractivity contribution is 5.99. The van der Waals surface area contributed by atoms with Gasteiger partial charge in [-0.25, -0.2) is 4.98 Å². The number of nitrogens with zero attached hydrogens (tertiary/aromatic N) is 5. The molecular formula is C28H27N7O2. The molecule has 2 aliphatic heterocycles. The first kappa shape index (κ1) is 22.9. The van der Waals surface area contributed by atoms with Crippen LogP contribution in [0.15, 0.2) is 73.2 Å². The van der Waals surface area contributed by atoms with E-state index in [4.69, 9.17) is 4.98 Å². The summed E-state index contributed by atoms with van der Waals surface area (Å²) in [5, 5.41) is 5.58. The first-order valence-electron chi connectivity index (χ1n) is 12.5. The number of fused-ring (bicyclic) bond motifs is 1. The number of hydrogen-bond acceptors (Lipinski definition) is 7. The Morgan fingerprint density at radius 2 is 1.62 bits per heavy atom. The average Bonchev–Trinajstić information content (AvgIpc) is 3.40. The average molecular weight is 494 g/mol. The van der Waals surface area contributed by atoms with Crippen molar-refractivity contribution in [3.05, 3.63) is 73.2 Å². The summed E-state index contributed by atoms with van der Waals surface area (Å²) in [7, 11) is 0. The fraction of sp³-hybridized carbons (Fsp3) is 0.250. The Morgan fingerprint density at radius 1 is 0.892 bits per heavy atom. The van der Waals surface area contributed by atoms with Crippen LogP contribution in [0.3, 0.4) is 0 Å². The minimum absolute atomic E-state index is 0.0785. The molecule has 0 saturated carbocycles. The normalized spacial score (nSPS) is 17.6. The van der Waals surface area contributed by atoms with E-state index in [9.17, 15) is 9.59 Å². The second kappa shape index (κ2) is 9.85. The molecule has 0 bridgehead atoms. The summed E-state index contributed by atoms with van der Waals surface area (Å²) < 4.78 is 0. The lowest BCUT2D eigenvalue weighted by Gasteiger charge is -2.36. The maximum atomic E-state index is 12.4. The predicted molar refractivity (Wildman–Crippen MR) is 143 cm³/mol. The Hall–Kier alpha value is -4.53. The lowest BCUT2D eigenvalue weighted by Crippen LogP contribution is -2.46. The van der Waals surface area contributed by atoms with Crippen LogP contribution >= 0.6 is 0 Å². The molecule has 2 N–H and O–H groups in total. The molecule has 2 amide bonds. The highest BCUT2D eigenvalue weighted by atomic mass is 16.2. The number of nitrogens with one attached hydrogen (secondary N) is 2. The Labute approximate surface area is 214 Å². The standard InChI is InChI=1S/C28H27N7O2/c36-27-8-7-24(33-27)28(37)31-21-4-1-19(2-5-21)20-3-6-23-25(17-20)32-26(18-30-23)35-15-13-34(14-16-35)22-9-11-29-12-10-22/h1-6,9-12,17-18,24H,7-8,13-16H2,(H,31,37)(H,33,36)/t24-/m0/s1. The van der Waals surface area contributed by atoms with E-state index in [-0.39, 0.29) is 11.8 Å². The van der Waals surface area contributed by atoms with E-state index < -0.39 is 6.04 Å². The molecule has 1 atom stereocenters. The zero-order valence-electron chi connectivity index (χ0n) is 20.3. The van der Waals surface area contributed by atoms with Gasteiger partial charge in [-0.15, -0.1) is 0 Å². The van der Waals surface area contributed by atoms with Crippen LogP contribution in [0.5, 0.6) is 0 Å². The van der Waals surface area contributed by atoms with Crippen molar-refractivity contribution in [2.75, 3.05) is 41.3 Å². The van der Waals surface area contributed by atoms with Crippen molar-refractivity contribution in [1.29, 1.82) is 0 Å². The minimum atomic E-state index is -0.459. The summed E-state index contributed by atoms with van der Waals surface area (Å²) in [6.07, 6.45) is 6.44. The molecule has 9 nitrogen and oxygen atoms in total. The first-order chi connectivity index (χ1) is 18.1. The van der Waals surface area contributed by atoms with E-state index in [2.05, 4.69) is 36.5 Å². The van der Waals surface area contributed by atoms with Gasteiger partial charge in [0.2, 0.25) is 11.8 Å². The van der Waals surface area contributed by atoms with Gasteiger partial charge in [0, 0.05) is 56.4 Å². The van der Waals surface area contributed by atoms with Gasteiger partial charge in [-0.05, 0) is 53.9 Å². The molecule has 0 unspecified atom stereocenters. The number of carbonyl (C=O) groups excluding carboxylic acids is 2. The molecule has 0 spiro atoms. The smallest absolute Gasteiger partial charge is 0.246 e. The number of hydrogen-bond donors (Lipinski definition) is 2. The molecule has 4 heterocycles. The summed E-state index contributed by atoms with van der Waals surface area (Å²) in [5.74, 6) is 0.620. The molecule has 2 aromatic heterocycles. The number of rotatable bonds is 5. The zero-order valence-corrected chi connectivity index (χ0v) is 20.3. The second-order valence-corrected chi connectivity index (χ2v) is 9.34. The molecule has 0 aliphatic carbocycles. The fourth-order valence-corrected chi connectivity index (χ4v) is 4.87. The third-order valence-corrected chi connectivity index (χ3v) is 6.96. The van der Waals surface area contributed by atoms with Gasteiger partial charge in [-0.3, -0.25) is 19.6 Å². The molecule has 9 heteroatoms. The van der Waals surface area contributed by atoms with E-state index in [0.29, 0.717) is 18.5 Å². The topological polar surface area (TPSA) is 103 Å². The quantitative estimate of drug-likeness (QED) is 0.440. The Bertz CT molecular complexity index is 1430. The summed E-state index contributed by atoms with van der Waals surface area (Å²) in [6, 6.07) is 17.4. The summed E-state index contributed by atoms with van der Waals surface area (Å²) >= 11 is 0. The summed E-state index contributed by atoms with van der Waals surface area (Å²) in [6.45, 7) is 3.58. The molecule has 2 aliphatic rings. The highest BCUT2D eigenvalue weighted by Crippen LogP contribution is 2.26. The SMILES string of the molecule is O=C1CC[C@@H](C(=O)Nc2ccc(-c3ccc4ncc(N5CCN(c6ccncc6)CC5)nc4c3)cc2)N1. The zero-order chi connectivity index (χ0) is 25.2. The molecule has 2 fully saturated rings. The third kappa shape index (κ3) is 4.93. The van der Waals surface area contributed by atoms with Crippen molar-refractivity contribution in [3.63, 3.8) is 0 Å². The maximum Gasteiger partial charge on any atom is 0.246 e. The number of benzene rings is 2. The number of piperazine rings is 1. The van der Waals surface area contributed by atoms with Crippen LogP contribution in [-0.4, -0.2) is 59.0 Å². The lowest BCUT2D eigenvalue weighted by atomic mass is 10.0. The predicted octanol–water partition coefficient (Wildman–Crippen LogP) is 3.24. The number of amides is 2. The van der Waals surface area contributed by atoms with Gasteiger partial charge < -0.3 is 20.4 Å². The fourth-order valence-electron chi connectivity index (χ4n) is 4.87. The van der Waals surface area contributed by atoms with Crippen molar-refractivity contribution in [2.24, 2.45) is 0 Å². The van der Waals surface area contributed by atoms with Crippen LogP contribution in [0.4, 0.5) is 17.2 Å². The summed E-state index contributed by atoms with van der Waals surface area (Å²) in [4.78, 5) is 42.1. The lowest BCUT2D eigenvalue weighted by molar-refractivity contribution is -0.122. The molecular weight excluding hydrogens is 466 g/mol. The van der Waals surface area contributed by atoms with Crippen LogP contribution in [0.25, 0.3) is 22.2 Å². The minimum Gasteiger partial charge on any atom is -0.368 e. The van der Waals surface area contributed by atoms with E-state index in [1.165, 1.54) is 5.69 Å². The highest BCUT2D eigenvalue weighted by Gasteiger charge is 2.27. The van der Waals surface area contributed by atoms with Gasteiger partial charge in [0.15, 0.2) is 0 Å². The van der Waals surface area contributed by atoms with Crippen molar-refractivity contribution < 1.29 is 9.59 Å². The molecule has 2 aromatic carbocycles. The number of aromatic nitrogens is 3. The Morgan fingerprint density at radius 3 is 2.35 bits per heavy atom. The van der Waals surface area contributed by atoms with Crippen molar-refractivity contribution in [1.82, 2.24) is 20.3 Å². The first-order valence-corrected chi connectivity index (χ1v) is 12.5. The van der Waals surface area contributed by atoms with E-state index >= 15 is 0 Å². The van der Waals surface area contributed by atoms with Gasteiger partial charge in [0.05, 0.1) is 17.2 Å². The van der Waals surface area contributed by atoms with E-state index in [1.54, 1.807) is 0 Å². The second-order valence-electron chi connectivity index (χ2n) is 9.34. The molecule has 37 heavy (non-hydrogen) atoms. The third-order valence-electron chi connectivity index (χ3n) is 6.96. The largest absolute Gasteiger partial charge is 0.368 e. The van der Waals surface area contributed by atoms with Crippen molar-refractivity contribution in [2.45, 2.75) is 18.9 Å². The maximum absolute atomic E-state index is 12.4. The van der Waals surface area contributed by atoms with Gasteiger partial charge in [0.25, 0.3) is 0 Å². The van der Waals surface area contributed by atoms with Gasteiger partial charge in [-0.2, -0.15) is 0 Å². The van der Waals surface area contributed by atoms with Gasteiger partial charge >= 0.3 is 0 Å². The number of anilines is 3. The van der Waals surface area contributed by atoms with Gasteiger partial charge in [0.1, 0.15) is 11.9 Å². The number of pyridine rings is 1. The Balaban J connectivity index is 1.14. The molecule has 6 rings (SSSR count). The van der Waals surface area contributed by atoms with Crippen LogP contribution in [0.2, 0.25) is 0 Å². The molecule has 0 radical (unpaired) electrons. The molecule has 4 aromatic rings. The van der Waals surface area contributed by atoms with Gasteiger partial charge in [-0.1, -0.05) is 18.2 Å². The Kier molecular flexibility index (Phi) is 6.10. The van der Waals surface area contributed by atoms with Crippen LogP contribution < -0.4 is 20.4 Å². The van der Waals surface area contributed by atoms with E-state index in [0.717, 1.165) is 54.2 Å². The van der Waals surface area contributed by atoms with Crippen LogP contribution in [0.1, 0.15) is 12.8 Å². The van der Waals surface area contributed by atoms with E-state index in [1.807, 2.05) is 67.1 Å². The monoisotopic (exact) mass is 493 g/mol. The molecule has 2 saturated heterocycles. The van der Waals surface area contributed by atoms with Crippen LogP contribution in [-0.2, 0) is 9.59 Å². The van der Waals surface area contributed by atoms with Crippen LogP contribution in [0, 0.1) is 0 Å². The number of carbonyl (C=O) groups is 2. The molecule has 186 valence electrons. The van der Waals surface area contributed by atoms with Crippen molar-refractivity contribution in [3.8, 4) is 11.1 Å².